The number of hydrogen-bond donors (Lipinski definition) is 1. The number of carbonyl (C=O) groups is 2. The van der Waals surface area contributed by atoms with Crippen LogP contribution in [0.25, 0.3) is 11.8 Å². The standard InChI is InChI=1S/C19H15F2N5O3/c1-12-23-24-25-26(12)17(9-13-5-3-2-4-6-13)19(28)29-11-18(27)22-16-10-14(20)7-8-15(16)21/h2-10H,11H2,1H3,(H,22,27). The van der Waals surface area contributed by atoms with E-state index >= 15 is 0 Å². The van der Waals surface area contributed by atoms with Gasteiger partial charge in [-0.2, -0.15) is 4.68 Å². The fourth-order valence-electron chi connectivity index (χ4n) is 2.35. The van der Waals surface area contributed by atoms with Crippen LogP contribution in [0.1, 0.15) is 11.4 Å². The first-order chi connectivity index (χ1) is 13.9. The lowest BCUT2D eigenvalue weighted by Gasteiger charge is -2.10. The van der Waals surface area contributed by atoms with E-state index in [1.165, 1.54) is 10.8 Å². The third kappa shape index (κ3) is 5.06. The van der Waals surface area contributed by atoms with Crippen LogP contribution in [0.2, 0.25) is 0 Å². The summed E-state index contributed by atoms with van der Waals surface area (Å²) in [6.07, 6.45) is 1.50. The molecule has 0 bridgehead atoms. The number of amides is 1. The van der Waals surface area contributed by atoms with E-state index in [9.17, 15) is 18.4 Å². The Morgan fingerprint density at radius 3 is 2.62 bits per heavy atom. The first-order valence-electron chi connectivity index (χ1n) is 8.38. The molecule has 0 saturated carbocycles. The number of anilines is 1. The molecule has 29 heavy (non-hydrogen) atoms. The number of rotatable bonds is 6. The molecule has 8 nitrogen and oxygen atoms in total. The highest BCUT2D eigenvalue weighted by Crippen LogP contribution is 2.16. The van der Waals surface area contributed by atoms with E-state index in [2.05, 4.69) is 20.8 Å². The number of halogens is 2. The summed E-state index contributed by atoms with van der Waals surface area (Å²) in [5.74, 6) is -2.93. The number of esters is 1. The van der Waals surface area contributed by atoms with Crippen molar-refractivity contribution in [3.05, 3.63) is 71.6 Å². The molecule has 148 valence electrons. The summed E-state index contributed by atoms with van der Waals surface area (Å²) in [5, 5.41) is 13.1. The zero-order valence-electron chi connectivity index (χ0n) is 15.2. The fraction of sp³-hybridized carbons (Fsp3) is 0.105. The number of carbonyl (C=O) groups excluding carboxylic acids is 2. The summed E-state index contributed by atoms with van der Waals surface area (Å²) in [7, 11) is 0. The van der Waals surface area contributed by atoms with Gasteiger partial charge in [0.2, 0.25) is 0 Å². The Labute approximate surface area is 163 Å². The van der Waals surface area contributed by atoms with Crippen LogP contribution in [0.15, 0.2) is 48.5 Å². The predicted octanol–water partition coefficient (Wildman–Crippen LogP) is 2.44. The lowest BCUT2D eigenvalue weighted by Crippen LogP contribution is -2.23. The van der Waals surface area contributed by atoms with Gasteiger partial charge in [-0.05, 0) is 41.1 Å². The van der Waals surface area contributed by atoms with Crippen molar-refractivity contribution in [1.82, 2.24) is 20.2 Å². The second kappa shape index (κ2) is 8.83. The molecular formula is C19H15F2N5O3. The second-order valence-corrected chi connectivity index (χ2v) is 5.83. The number of benzene rings is 2. The number of hydrogen-bond acceptors (Lipinski definition) is 6. The molecule has 0 unspecified atom stereocenters. The molecule has 0 saturated heterocycles. The highest BCUT2D eigenvalue weighted by atomic mass is 19.1. The van der Waals surface area contributed by atoms with Gasteiger partial charge in [0.15, 0.2) is 18.1 Å². The van der Waals surface area contributed by atoms with E-state index in [0.29, 0.717) is 11.4 Å². The van der Waals surface area contributed by atoms with Gasteiger partial charge in [-0.1, -0.05) is 30.3 Å². The minimum Gasteiger partial charge on any atom is -0.451 e. The number of aromatic nitrogens is 4. The predicted molar refractivity (Wildman–Crippen MR) is 99.1 cm³/mol. The van der Waals surface area contributed by atoms with Gasteiger partial charge < -0.3 is 10.1 Å². The Hall–Kier alpha value is -3.95. The van der Waals surface area contributed by atoms with Gasteiger partial charge in [-0.25, -0.2) is 13.6 Å². The average molecular weight is 399 g/mol. The quantitative estimate of drug-likeness (QED) is 0.505. The molecule has 0 radical (unpaired) electrons. The molecule has 0 fully saturated rings. The van der Waals surface area contributed by atoms with Gasteiger partial charge in [0.1, 0.15) is 11.6 Å². The van der Waals surface area contributed by atoms with E-state index in [1.807, 2.05) is 6.07 Å². The van der Waals surface area contributed by atoms with Gasteiger partial charge in [-0.3, -0.25) is 4.79 Å². The lowest BCUT2D eigenvalue weighted by molar-refractivity contribution is -0.141. The zero-order chi connectivity index (χ0) is 20.8. The molecule has 1 N–H and O–H groups in total. The molecule has 10 heteroatoms. The van der Waals surface area contributed by atoms with Crippen LogP contribution in [0.5, 0.6) is 0 Å². The summed E-state index contributed by atoms with van der Waals surface area (Å²) < 4.78 is 33.0. The summed E-state index contributed by atoms with van der Waals surface area (Å²) in [6, 6.07) is 11.5. The molecule has 1 heterocycles. The molecule has 0 atom stereocenters. The SMILES string of the molecule is Cc1nnnn1C(=Cc1ccccc1)C(=O)OCC(=O)Nc1cc(F)ccc1F. The van der Waals surface area contributed by atoms with Gasteiger partial charge >= 0.3 is 5.97 Å². The highest BCUT2D eigenvalue weighted by molar-refractivity contribution is 6.15. The Morgan fingerprint density at radius 1 is 1.17 bits per heavy atom. The van der Waals surface area contributed by atoms with Crippen molar-refractivity contribution in [2.45, 2.75) is 6.92 Å². The highest BCUT2D eigenvalue weighted by Gasteiger charge is 2.19. The molecule has 3 rings (SSSR count). The first-order valence-corrected chi connectivity index (χ1v) is 8.38. The Kier molecular flexibility index (Phi) is 6.03. The van der Waals surface area contributed by atoms with Gasteiger partial charge in [0.25, 0.3) is 5.91 Å². The van der Waals surface area contributed by atoms with Crippen LogP contribution in [-0.4, -0.2) is 38.7 Å². The van der Waals surface area contributed by atoms with Crippen LogP contribution >= 0.6 is 0 Å². The molecule has 2 aromatic carbocycles. The number of nitrogens with zero attached hydrogens (tertiary/aromatic N) is 4. The zero-order valence-corrected chi connectivity index (χ0v) is 15.2. The van der Waals surface area contributed by atoms with E-state index in [4.69, 9.17) is 4.74 Å². The molecule has 0 aliphatic carbocycles. The Balaban J connectivity index is 1.73. The maximum Gasteiger partial charge on any atom is 0.357 e. The average Bonchev–Trinajstić information content (AvgIpc) is 3.13. The van der Waals surface area contributed by atoms with Crippen molar-refractivity contribution in [3.63, 3.8) is 0 Å². The number of tetrazole rings is 1. The van der Waals surface area contributed by atoms with E-state index < -0.39 is 30.1 Å². The summed E-state index contributed by atoms with van der Waals surface area (Å²) in [5.41, 5.74) is 0.298. The molecule has 1 aromatic heterocycles. The van der Waals surface area contributed by atoms with Crippen molar-refractivity contribution in [1.29, 1.82) is 0 Å². The maximum absolute atomic E-state index is 13.6. The molecule has 3 aromatic rings. The molecule has 0 aliphatic rings. The molecule has 1 amide bonds. The van der Waals surface area contributed by atoms with E-state index in [-0.39, 0.29) is 11.4 Å². The Morgan fingerprint density at radius 2 is 1.93 bits per heavy atom. The lowest BCUT2D eigenvalue weighted by atomic mass is 10.2. The van der Waals surface area contributed by atoms with E-state index in [1.54, 1.807) is 31.2 Å². The second-order valence-electron chi connectivity index (χ2n) is 5.83. The fourth-order valence-corrected chi connectivity index (χ4v) is 2.35. The summed E-state index contributed by atoms with van der Waals surface area (Å²) in [4.78, 5) is 24.5. The minimum absolute atomic E-state index is 0.0246. The smallest absolute Gasteiger partial charge is 0.357 e. The van der Waals surface area contributed by atoms with Crippen LogP contribution in [0.3, 0.4) is 0 Å². The van der Waals surface area contributed by atoms with Crippen molar-refractivity contribution < 1.29 is 23.1 Å². The summed E-state index contributed by atoms with van der Waals surface area (Å²) in [6.45, 7) is 0.869. The van der Waals surface area contributed by atoms with E-state index in [0.717, 1.165) is 18.2 Å². The summed E-state index contributed by atoms with van der Waals surface area (Å²) >= 11 is 0. The Bertz CT molecular complexity index is 1070. The molecule has 0 spiro atoms. The number of aryl methyl sites for hydroxylation is 1. The first kappa shape index (κ1) is 19.8. The topological polar surface area (TPSA) is 99.0 Å². The van der Waals surface area contributed by atoms with Gasteiger partial charge in [-0.15, -0.1) is 5.10 Å². The molecule has 0 aliphatic heterocycles. The third-order valence-corrected chi connectivity index (χ3v) is 3.70. The monoisotopic (exact) mass is 399 g/mol. The number of nitrogens with one attached hydrogen (secondary N) is 1. The third-order valence-electron chi connectivity index (χ3n) is 3.70. The minimum atomic E-state index is -0.876. The largest absolute Gasteiger partial charge is 0.451 e. The van der Waals surface area contributed by atoms with Crippen molar-refractivity contribution in [2.24, 2.45) is 0 Å². The van der Waals surface area contributed by atoms with Gasteiger partial charge in [0, 0.05) is 6.07 Å². The van der Waals surface area contributed by atoms with Crippen LogP contribution in [0.4, 0.5) is 14.5 Å². The van der Waals surface area contributed by atoms with Crippen molar-refractivity contribution >= 4 is 29.3 Å². The van der Waals surface area contributed by atoms with Gasteiger partial charge in [0.05, 0.1) is 5.69 Å². The maximum atomic E-state index is 13.6. The van der Waals surface area contributed by atoms with Crippen LogP contribution in [-0.2, 0) is 14.3 Å². The van der Waals surface area contributed by atoms with Crippen molar-refractivity contribution in [3.8, 4) is 0 Å². The number of ether oxygens (including phenoxy) is 1. The van der Waals surface area contributed by atoms with Crippen molar-refractivity contribution in [2.75, 3.05) is 11.9 Å². The molecular weight excluding hydrogens is 384 g/mol. The van der Waals surface area contributed by atoms with Crippen LogP contribution < -0.4 is 5.32 Å². The van der Waals surface area contributed by atoms with Crippen LogP contribution in [0, 0.1) is 18.6 Å². The normalized spacial score (nSPS) is 11.2.